The maximum atomic E-state index is 10.5. The number of benzene rings is 1. The average Bonchev–Trinajstić information content (AvgIpc) is 3.13. The van der Waals surface area contributed by atoms with Crippen LogP contribution in [0.5, 0.6) is 0 Å². The fourth-order valence-corrected chi connectivity index (χ4v) is 1.89. The third-order valence-corrected chi connectivity index (χ3v) is 3.14. The van der Waals surface area contributed by atoms with Crippen molar-refractivity contribution in [3.8, 4) is 0 Å². The van der Waals surface area contributed by atoms with Gasteiger partial charge in [-0.05, 0) is 30.9 Å². The highest BCUT2D eigenvalue weighted by Gasteiger charge is 2.19. The summed E-state index contributed by atoms with van der Waals surface area (Å²) >= 11 is 0. The van der Waals surface area contributed by atoms with E-state index in [1.54, 1.807) is 12.1 Å². The molecule has 1 aliphatic rings. The van der Waals surface area contributed by atoms with Crippen LogP contribution in [0.4, 0.5) is 5.69 Å². The maximum absolute atomic E-state index is 10.5. The Morgan fingerprint density at radius 3 is 2.59 bits per heavy atom. The molecular weight excluding hydrogens is 216 g/mol. The molecule has 0 amide bonds. The van der Waals surface area contributed by atoms with Crippen molar-refractivity contribution < 1.29 is 4.92 Å². The molecule has 0 saturated heterocycles. The quantitative estimate of drug-likeness (QED) is 0.448. The molecule has 2 rings (SSSR count). The van der Waals surface area contributed by atoms with E-state index < -0.39 is 0 Å². The molecule has 0 heterocycles. The van der Waals surface area contributed by atoms with Gasteiger partial charge in [-0.3, -0.25) is 10.1 Å². The number of hydrogen-bond donors (Lipinski definition) is 1. The van der Waals surface area contributed by atoms with E-state index in [1.165, 1.54) is 25.7 Å². The number of nitro groups is 1. The standard InChI is InChI=1S/C13H18N2O2/c16-15(17)13-7-5-12(6-8-13)10-14-9-1-2-11-3-4-11/h5-8,11,14H,1-4,9-10H2. The van der Waals surface area contributed by atoms with Crippen LogP contribution >= 0.6 is 0 Å². The van der Waals surface area contributed by atoms with E-state index >= 15 is 0 Å². The van der Waals surface area contributed by atoms with Gasteiger partial charge < -0.3 is 5.32 Å². The van der Waals surface area contributed by atoms with E-state index in [0.29, 0.717) is 0 Å². The smallest absolute Gasteiger partial charge is 0.269 e. The van der Waals surface area contributed by atoms with E-state index in [4.69, 9.17) is 0 Å². The highest BCUT2D eigenvalue weighted by atomic mass is 16.6. The van der Waals surface area contributed by atoms with Gasteiger partial charge in [0.25, 0.3) is 5.69 Å². The SMILES string of the molecule is O=[N+]([O-])c1ccc(CNCCCC2CC2)cc1. The van der Waals surface area contributed by atoms with Crippen LogP contribution in [0, 0.1) is 16.0 Å². The van der Waals surface area contributed by atoms with Gasteiger partial charge in [0.1, 0.15) is 0 Å². The minimum absolute atomic E-state index is 0.155. The van der Waals surface area contributed by atoms with Crippen LogP contribution in [0.1, 0.15) is 31.2 Å². The van der Waals surface area contributed by atoms with Crippen molar-refractivity contribution in [2.45, 2.75) is 32.2 Å². The maximum Gasteiger partial charge on any atom is 0.269 e. The van der Waals surface area contributed by atoms with Gasteiger partial charge in [-0.15, -0.1) is 0 Å². The van der Waals surface area contributed by atoms with Gasteiger partial charge in [0.15, 0.2) is 0 Å². The summed E-state index contributed by atoms with van der Waals surface area (Å²) in [6.07, 6.45) is 5.41. The second kappa shape index (κ2) is 5.77. The molecule has 0 atom stereocenters. The van der Waals surface area contributed by atoms with Gasteiger partial charge in [-0.25, -0.2) is 0 Å². The minimum Gasteiger partial charge on any atom is -0.313 e. The zero-order valence-corrected chi connectivity index (χ0v) is 9.89. The second-order valence-corrected chi connectivity index (χ2v) is 4.69. The molecule has 0 aromatic heterocycles. The van der Waals surface area contributed by atoms with Crippen LogP contribution in [0.15, 0.2) is 24.3 Å². The summed E-state index contributed by atoms with van der Waals surface area (Å²) in [7, 11) is 0. The summed E-state index contributed by atoms with van der Waals surface area (Å²) in [6, 6.07) is 6.74. The predicted molar refractivity (Wildman–Crippen MR) is 66.8 cm³/mol. The van der Waals surface area contributed by atoms with Crippen LogP contribution in [0.3, 0.4) is 0 Å². The monoisotopic (exact) mass is 234 g/mol. The first kappa shape index (κ1) is 12.0. The van der Waals surface area contributed by atoms with E-state index in [-0.39, 0.29) is 10.6 Å². The Labute approximate surface area is 101 Å². The lowest BCUT2D eigenvalue weighted by Gasteiger charge is -2.04. The summed E-state index contributed by atoms with van der Waals surface area (Å²) in [6.45, 7) is 1.83. The van der Waals surface area contributed by atoms with E-state index in [2.05, 4.69) is 5.32 Å². The fourth-order valence-electron chi connectivity index (χ4n) is 1.89. The van der Waals surface area contributed by atoms with Crippen molar-refractivity contribution in [1.29, 1.82) is 0 Å². The normalized spacial score (nSPS) is 14.8. The molecule has 1 fully saturated rings. The third kappa shape index (κ3) is 4.15. The lowest BCUT2D eigenvalue weighted by Crippen LogP contribution is -2.14. The molecule has 1 aromatic carbocycles. The van der Waals surface area contributed by atoms with E-state index in [9.17, 15) is 10.1 Å². The number of nitrogens with one attached hydrogen (secondary N) is 1. The van der Waals surface area contributed by atoms with Crippen molar-refractivity contribution in [3.63, 3.8) is 0 Å². The van der Waals surface area contributed by atoms with Gasteiger partial charge in [0.2, 0.25) is 0 Å². The Morgan fingerprint density at radius 2 is 2.00 bits per heavy atom. The van der Waals surface area contributed by atoms with Crippen LogP contribution in [0.25, 0.3) is 0 Å². The van der Waals surface area contributed by atoms with Crippen molar-refractivity contribution in [2.75, 3.05) is 6.54 Å². The van der Waals surface area contributed by atoms with Gasteiger partial charge in [0, 0.05) is 18.7 Å². The van der Waals surface area contributed by atoms with Crippen LogP contribution < -0.4 is 5.32 Å². The fraction of sp³-hybridized carbons (Fsp3) is 0.538. The van der Waals surface area contributed by atoms with Gasteiger partial charge in [-0.2, -0.15) is 0 Å². The molecule has 1 saturated carbocycles. The third-order valence-electron chi connectivity index (χ3n) is 3.14. The molecule has 0 bridgehead atoms. The first-order chi connectivity index (χ1) is 8.25. The Hall–Kier alpha value is -1.42. The van der Waals surface area contributed by atoms with Crippen molar-refractivity contribution in [3.05, 3.63) is 39.9 Å². The Balaban J connectivity index is 1.65. The summed E-state index contributed by atoms with van der Waals surface area (Å²) < 4.78 is 0. The molecular formula is C13H18N2O2. The number of non-ortho nitro benzene ring substituents is 1. The largest absolute Gasteiger partial charge is 0.313 e. The Kier molecular flexibility index (Phi) is 4.09. The molecule has 1 N–H and O–H groups in total. The zero-order chi connectivity index (χ0) is 12.1. The minimum atomic E-state index is -0.368. The summed E-state index contributed by atoms with van der Waals surface area (Å²) in [5, 5.41) is 13.8. The highest BCUT2D eigenvalue weighted by molar-refractivity contribution is 5.32. The number of hydrogen-bond acceptors (Lipinski definition) is 3. The van der Waals surface area contributed by atoms with Crippen LogP contribution in [-0.4, -0.2) is 11.5 Å². The number of nitrogens with zero attached hydrogens (tertiary/aromatic N) is 1. The highest BCUT2D eigenvalue weighted by Crippen LogP contribution is 2.33. The van der Waals surface area contributed by atoms with Gasteiger partial charge in [-0.1, -0.05) is 25.0 Å². The predicted octanol–water partition coefficient (Wildman–Crippen LogP) is 2.87. The van der Waals surface area contributed by atoms with Crippen LogP contribution in [-0.2, 0) is 6.54 Å². The Bertz CT molecular complexity index is 372. The summed E-state index contributed by atoms with van der Waals surface area (Å²) in [4.78, 5) is 10.1. The molecule has 17 heavy (non-hydrogen) atoms. The Morgan fingerprint density at radius 1 is 1.29 bits per heavy atom. The second-order valence-electron chi connectivity index (χ2n) is 4.69. The molecule has 0 unspecified atom stereocenters. The summed E-state index contributed by atoms with van der Waals surface area (Å²) in [5.74, 6) is 0.996. The first-order valence-corrected chi connectivity index (χ1v) is 6.20. The average molecular weight is 234 g/mol. The van der Waals surface area contributed by atoms with Crippen molar-refractivity contribution in [2.24, 2.45) is 5.92 Å². The van der Waals surface area contributed by atoms with Crippen LogP contribution in [0.2, 0.25) is 0 Å². The number of nitro benzene ring substituents is 1. The van der Waals surface area contributed by atoms with E-state index in [0.717, 1.165) is 24.6 Å². The van der Waals surface area contributed by atoms with Gasteiger partial charge in [0.05, 0.1) is 4.92 Å². The molecule has 4 nitrogen and oxygen atoms in total. The number of rotatable bonds is 7. The molecule has 4 heteroatoms. The van der Waals surface area contributed by atoms with Gasteiger partial charge >= 0.3 is 0 Å². The molecule has 1 aromatic rings. The molecule has 0 spiro atoms. The lowest BCUT2D eigenvalue weighted by molar-refractivity contribution is -0.384. The van der Waals surface area contributed by atoms with E-state index in [1.807, 2.05) is 12.1 Å². The molecule has 0 aliphatic heterocycles. The molecule has 1 aliphatic carbocycles. The molecule has 92 valence electrons. The van der Waals surface area contributed by atoms with Crippen molar-refractivity contribution >= 4 is 5.69 Å². The first-order valence-electron chi connectivity index (χ1n) is 6.20. The zero-order valence-electron chi connectivity index (χ0n) is 9.89. The molecule has 0 radical (unpaired) electrons. The lowest BCUT2D eigenvalue weighted by atomic mass is 10.2. The topological polar surface area (TPSA) is 55.2 Å². The summed E-state index contributed by atoms with van der Waals surface area (Å²) in [5.41, 5.74) is 1.25. The van der Waals surface area contributed by atoms with Crippen molar-refractivity contribution in [1.82, 2.24) is 5.32 Å².